The zero-order valence-electron chi connectivity index (χ0n) is 10.7. The number of rotatable bonds is 2. The highest BCUT2D eigenvalue weighted by molar-refractivity contribution is 9.10. The number of amides is 1. The SMILES string of the molecule is CC1(C)C(=O)NCCN1Cc1ccc(N)cc1Br. The molecule has 1 aromatic rings. The number of carbonyl (C=O) groups excluding carboxylic acids is 1. The molecule has 1 aromatic carbocycles. The van der Waals surface area contributed by atoms with Gasteiger partial charge in [-0.05, 0) is 31.5 Å². The number of piperazine rings is 1. The van der Waals surface area contributed by atoms with Gasteiger partial charge in [0, 0.05) is 29.8 Å². The van der Waals surface area contributed by atoms with Gasteiger partial charge >= 0.3 is 0 Å². The second-order valence-electron chi connectivity index (χ2n) is 5.09. The van der Waals surface area contributed by atoms with Crippen LogP contribution in [0.4, 0.5) is 5.69 Å². The first-order valence-corrected chi connectivity index (χ1v) is 6.78. The molecule has 0 bridgehead atoms. The molecule has 18 heavy (non-hydrogen) atoms. The number of halogens is 1. The van der Waals surface area contributed by atoms with E-state index in [1.807, 2.05) is 32.0 Å². The first kappa shape index (κ1) is 13.4. The average molecular weight is 312 g/mol. The van der Waals surface area contributed by atoms with Crippen LogP contribution in [0.15, 0.2) is 22.7 Å². The number of nitrogens with zero attached hydrogens (tertiary/aromatic N) is 1. The summed E-state index contributed by atoms with van der Waals surface area (Å²) in [6.07, 6.45) is 0. The van der Waals surface area contributed by atoms with Gasteiger partial charge < -0.3 is 11.1 Å². The number of nitrogens with one attached hydrogen (secondary N) is 1. The van der Waals surface area contributed by atoms with Crippen LogP contribution in [0.5, 0.6) is 0 Å². The van der Waals surface area contributed by atoms with Crippen LogP contribution in [-0.2, 0) is 11.3 Å². The summed E-state index contributed by atoms with van der Waals surface area (Å²) < 4.78 is 0.990. The molecule has 5 heteroatoms. The smallest absolute Gasteiger partial charge is 0.240 e. The van der Waals surface area contributed by atoms with Crippen molar-refractivity contribution in [1.29, 1.82) is 0 Å². The van der Waals surface area contributed by atoms with Crippen LogP contribution in [0.2, 0.25) is 0 Å². The van der Waals surface area contributed by atoms with E-state index in [0.29, 0.717) is 6.54 Å². The second-order valence-corrected chi connectivity index (χ2v) is 5.94. The number of hydrogen-bond acceptors (Lipinski definition) is 3. The van der Waals surface area contributed by atoms with Crippen LogP contribution in [0.1, 0.15) is 19.4 Å². The minimum absolute atomic E-state index is 0.0836. The Balaban J connectivity index is 2.20. The highest BCUT2D eigenvalue weighted by Crippen LogP contribution is 2.25. The van der Waals surface area contributed by atoms with Gasteiger partial charge in [0.25, 0.3) is 0 Å². The third-order valence-corrected chi connectivity index (χ3v) is 4.19. The maximum atomic E-state index is 11.9. The fourth-order valence-electron chi connectivity index (χ4n) is 2.12. The summed E-state index contributed by atoms with van der Waals surface area (Å²) in [7, 11) is 0. The van der Waals surface area contributed by atoms with E-state index in [1.54, 1.807) is 0 Å². The molecule has 0 aromatic heterocycles. The van der Waals surface area contributed by atoms with Gasteiger partial charge in [-0.25, -0.2) is 0 Å². The van der Waals surface area contributed by atoms with Gasteiger partial charge in [0.1, 0.15) is 0 Å². The van der Waals surface area contributed by atoms with E-state index in [0.717, 1.165) is 28.8 Å². The molecule has 98 valence electrons. The van der Waals surface area contributed by atoms with Crippen LogP contribution >= 0.6 is 15.9 Å². The predicted molar refractivity (Wildman–Crippen MR) is 76.1 cm³/mol. The number of benzene rings is 1. The van der Waals surface area contributed by atoms with Gasteiger partial charge in [0.2, 0.25) is 5.91 Å². The highest BCUT2D eigenvalue weighted by atomic mass is 79.9. The lowest BCUT2D eigenvalue weighted by molar-refractivity contribution is -0.135. The fraction of sp³-hybridized carbons (Fsp3) is 0.462. The van der Waals surface area contributed by atoms with E-state index in [2.05, 4.69) is 26.1 Å². The van der Waals surface area contributed by atoms with Crippen molar-refractivity contribution in [2.24, 2.45) is 0 Å². The highest BCUT2D eigenvalue weighted by Gasteiger charge is 2.37. The van der Waals surface area contributed by atoms with Gasteiger partial charge in [0.05, 0.1) is 5.54 Å². The molecular formula is C13H18BrN3O. The molecule has 1 heterocycles. The Morgan fingerprint density at radius 2 is 2.22 bits per heavy atom. The zero-order valence-corrected chi connectivity index (χ0v) is 12.3. The quantitative estimate of drug-likeness (QED) is 0.818. The van der Waals surface area contributed by atoms with Crippen molar-refractivity contribution in [3.8, 4) is 0 Å². The molecule has 3 N–H and O–H groups in total. The normalized spacial score (nSPS) is 19.6. The second kappa shape index (κ2) is 4.90. The summed E-state index contributed by atoms with van der Waals surface area (Å²) in [6, 6.07) is 5.78. The summed E-state index contributed by atoms with van der Waals surface area (Å²) in [5.74, 6) is 0.0836. The van der Waals surface area contributed by atoms with Crippen LogP contribution < -0.4 is 11.1 Å². The Bertz CT molecular complexity index is 473. The Hall–Kier alpha value is -1.07. The molecule has 0 radical (unpaired) electrons. The lowest BCUT2D eigenvalue weighted by Gasteiger charge is -2.41. The van der Waals surface area contributed by atoms with E-state index in [9.17, 15) is 4.79 Å². The minimum atomic E-state index is -0.473. The maximum Gasteiger partial charge on any atom is 0.240 e. The Morgan fingerprint density at radius 1 is 1.50 bits per heavy atom. The summed E-state index contributed by atoms with van der Waals surface area (Å²) in [5.41, 5.74) is 7.14. The lowest BCUT2D eigenvalue weighted by Crippen LogP contribution is -2.61. The van der Waals surface area contributed by atoms with Gasteiger partial charge in [-0.3, -0.25) is 9.69 Å². The first-order valence-electron chi connectivity index (χ1n) is 5.98. The van der Waals surface area contributed by atoms with E-state index in [1.165, 1.54) is 0 Å². The van der Waals surface area contributed by atoms with Crippen molar-refractivity contribution in [2.45, 2.75) is 25.9 Å². The molecule has 0 atom stereocenters. The van der Waals surface area contributed by atoms with Crippen molar-refractivity contribution in [3.63, 3.8) is 0 Å². The molecule has 1 aliphatic heterocycles. The standard InChI is InChI=1S/C13H18BrN3O/c1-13(2)12(18)16-5-6-17(13)8-9-3-4-10(15)7-11(9)14/h3-4,7H,5-6,8,15H2,1-2H3,(H,16,18). The van der Waals surface area contributed by atoms with E-state index < -0.39 is 5.54 Å². The lowest BCUT2D eigenvalue weighted by atomic mass is 9.98. The van der Waals surface area contributed by atoms with Crippen molar-refractivity contribution < 1.29 is 4.79 Å². The average Bonchev–Trinajstić information content (AvgIpc) is 2.28. The van der Waals surface area contributed by atoms with Gasteiger partial charge in [-0.2, -0.15) is 0 Å². The Labute approximate surface area is 116 Å². The summed E-state index contributed by atoms with van der Waals surface area (Å²) in [6.45, 7) is 6.20. The molecule has 0 spiro atoms. The van der Waals surface area contributed by atoms with E-state index in [4.69, 9.17) is 5.73 Å². The van der Waals surface area contributed by atoms with Crippen LogP contribution in [0.25, 0.3) is 0 Å². The van der Waals surface area contributed by atoms with E-state index >= 15 is 0 Å². The molecule has 1 amide bonds. The molecule has 2 rings (SSSR count). The van der Waals surface area contributed by atoms with Crippen LogP contribution in [0.3, 0.4) is 0 Å². The molecule has 0 unspecified atom stereocenters. The molecule has 0 saturated carbocycles. The third kappa shape index (κ3) is 2.52. The molecule has 1 saturated heterocycles. The minimum Gasteiger partial charge on any atom is -0.399 e. The van der Waals surface area contributed by atoms with Crippen LogP contribution in [0, 0.1) is 0 Å². The Kier molecular flexibility index (Phi) is 3.64. The number of anilines is 1. The van der Waals surface area contributed by atoms with Crippen molar-refractivity contribution in [3.05, 3.63) is 28.2 Å². The first-order chi connectivity index (χ1) is 8.41. The molecule has 1 fully saturated rings. The van der Waals surface area contributed by atoms with Gasteiger partial charge in [0.15, 0.2) is 0 Å². The molecule has 0 aliphatic carbocycles. The summed E-state index contributed by atoms with van der Waals surface area (Å²) in [5, 5.41) is 2.90. The number of hydrogen-bond donors (Lipinski definition) is 2. The van der Waals surface area contributed by atoms with Crippen molar-refractivity contribution in [2.75, 3.05) is 18.8 Å². The number of nitrogens with two attached hydrogens (primary N) is 1. The molecule has 1 aliphatic rings. The zero-order chi connectivity index (χ0) is 13.3. The largest absolute Gasteiger partial charge is 0.399 e. The molecule has 4 nitrogen and oxygen atoms in total. The van der Waals surface area contributed by atoms with Crippen molar-refractivity contribution >= 4 is 27.5 Å². The molecular weight excluding hydrogens is 294 g/mol. The fourth-order valence-corrected chi connectivity index (χ4v) is 2.64. The summed E-state index contributed by atoms with van der Waals surface area (Å²) in [4.78, 5) is 14.1. The summed E-state index contributed by atoms with van der Waals surface area (Å²) >= 11 is 3.52. The monoisotopic (exact) mass is 311 g/mol. The third-order valence-electron chi connectivity index (χ3n) is 3.45. The topological polar surface area (TPSA) is 58.4 Å². The predicted octanol–water partition coefficient (Wildman–Crippen LogP) is 1.74. The Morgan fingerprint density at radius 3 is 2.89 bits per heavy atom. The number of nitrogen functional groups attached to an aromatic ring is 1. The van der Waals surface area contributed by atoms with Gasteiger partial charge in [-0.15, -0.1) is 0 Å². The van der Waals surface area contributed by atoms with Crippen LogP contribution in [-0.4, -0.2) is 29.4 Å². The van der Waals surface area contributed by atoms with Crippen molar-refractivity contribution in [1.82, 2.24) is 10.2 Å². The van der Waals surface area contributed by atoms with Gasteiger partial charge in [-0.1, -0.05) is 22.0 Å². The van der Waals surface area contributed by atoms with E-state index in [-0.39, 0.29) is 5.91 Å². The maximum absolute atomic E-state index is 11.9. The number of carbonyl (C=O) groups is 1.